The maximum absolute atomic E-state index is 13.7. The van der Waals surface area contributed by atoms with Crippen molar-refractivity contribution in [3.63, 3.8) is 0 Å². The lowest BCUT2D eigenvalue weighted by Crippen LogP contribution is -2.57. The number of benzene rings is 1. The molecule has 4 heterocycles. The molecule has 0 amide bonds. The number of hydrogen-bond donors (Lipinski definition) is 0. The smallest absolute Gasteiger partial charge is 0.252 e. The van der Waals surface area contributed by atoms with Gasteiger partial charge in [-0.3, -0.25) is 9.69 Å². The van der Waals surface area contributed by atoms with E-state index in [2.05, 4.69) is 44.9 Å². The first-order chi connectivity index (χ1) is 17.4. The highest BCUT2D eigenvalue weighted by atomic mass is 19.1. The van der Waals surface area contributed by atoms with Crippen molar-refractivity contribution < 1.29 is 4.39 Å². The summed E-state index contributed by atoms with van der Waals surface area (Å²) in [6, 6.07) is 17.3. The van der Waals surface area contributed by atoms with E-state index in [1.165, 1.54) is 12.1 Å². The summed E-state index contributed by atoms with van der Waals surface area (Å²) in [6.45, 7) is 5.52. The van der Waals surface area contributed by atoms with E-state index in [1.807, 2.05) is 12.1 Å². The first-order valence-electron chi connectivity index (χ1n) is 11.8. The fourth-order valence-electron chi connectivity index (χ4n) is 5.08. The van der Waals surface area contributed by atoms with Crippen LogP contribution in [0.15, 0.2) is 65.6 Å². The van der Waals surface area contributed by atoms with Crippen molar-refractivity contribution in [3.8, 4) is 6.07 Å². The van der Waals surface area contributed by atoms with E-state index in [0.717, 1.165) is 16.9 Å². The maximum Gasteiger partial charge on any atom is 0.252 e. The lowest BCUT2D eigenvalue weighted by molar-refractivity contribution is 0.127. The number of nitriles is 1. The Morgan fingerprint density at radius 2 is 1.86 bits per heavy atom. The summed E-state index contributed by atoms with van der Waals surface area (Å²) >= 11 is 0. The van der Waals surface area contributed by atoms with E-state index in [-0.39, 0.29) is 29.5 Å². The second-order valence-corrected chi connectivity index (χ2v) is 9.25. The standard InChI is InChI=1S/C27H26FN7O/c1-17-16-35(27(22-5-4-12-30-32-22)19-6-8-20(28)9-7-19)18(2)15-34(17)24-13-25(36)33(3)23-11-10-21(14-29)31-26(23)24/h4-13,17-18,27H,15-16H2,1-3H3/t17-,18+,27?/m0/s1. The van der Waals surface area contributed by atoms with Crippen molar-refractivity contribution in [2.75, 3.05) is 18.0 Å². The number of aryl methyl sites for hydroxylation is 1. The van der Waals surface area contributed by atoms with Crippen LogP contribution in [0.1, 0.15) is 36.8 Å². The first-order valence-corrected chi connectivity index (χ1v) is 11.8. The Balaban J connectivity index is 1.55. The Kier molecular flexibility index (Phi) is 6.20. The highest BCUT2D eigenvalue weighted by Crippen LogP contribution is 2.35. The van der Waals surface area contributed by atoms with E-state index in [9.17, 15) is 14.4 Å². The monoisotopic (exact) mass is 483 g/mol. The van der Waals surface area contributed by atoms with Gasteiger partial charge in [-0.1, -0.05) is 12.1 Å². The minimum atomic E-state index is -0.287. The zero-order chi connectivity index (χ0) is 25.4. The summed E-state index contributed by atoms with van der Waals surface area (Å²) in [5.41, 5.74) is 3.94. The predicted molar refractivity (Wildman–Crippen MR) is 135 cm³/mol. The van der Waals surface area contributed by atoms with Gasteiger partial charge < -0.3 is 9.47 Å². The van der Waals surface area contributed by atoms with Crippen molar-refractivity contribution in [2.24, 2.45) is 7.05 Å². The van der Waals surface area contributed by atoms with Crippen LogP contribution < -0.4 is 10.5 Å². The molecule has 5 rings (SSSR count). The second kappa shape index (κ2) is 9.47. The summed E-state index contributed by atoms with van der Waals surface area (Å²) < 4.78 is 15.3. The fourth-order valence-corrected chi connectivity index (χ4v) is 5.08. The number of rotatable bonds is 4. The quantitative estimate of drug-likeness (QED) is 0.439. The molecular weight excluding hydrogens is 457 g/mol. The van der Waals surface area contributed by atoms with E-state index >= 15 is 0 Å². The Bertz CT molecular complexity index is 1500. The fraction of sp³-hybridized carbons (Fsp3) is 0.296. The molecule has 1 aliphatic rings. The van der Waals surface area contributed by atoms with Crippen molar-refractivity contribution in [1.82, 2.24) is 24.6 Å². The predicted octanol–water partition coefficient (Wildman–Crippen LogP) is 3.42. The zero-order valence-corrected chi connectivity index (χ0v) is 20.3. The molecule has 9 heteroatoms. The van der Waals surface area contributed by atoms with Gasteiger partial charge in [0, 0.05) is 44.5 Å². The lowest BCUT2D eigenvalue weighted by atomic mass is 9.96. The van der Waals surface area contributed by atoms with Crippen LogP contribution in [0.2, 0.25) is 0 Å². The third-order valence-electron chi connectivity index (χ3n) is 6.92. The third kappa shape index (κ3) is 4.20. The largest absolute Gasteiger partial charge is 0.364 e. The number of halogens is 1. The van der Waals surface area contributed by atoms with Crippen molar-refractivity contribution in [3.05, 3.63) is 93.9 Å². The number of nitrogens with zero attached hydrogens (tertiary/aromatic N) is 7. The molecule has 0 spiro atoms. The number of anilines is 1. The van der Waals surface area contributed by atoms with Gasteiger partial charge in [-0.05, 0) is 55.8 Å². The van der Waals surface area contributed by atoms with Crippen LogP contribution in [0, 0.1) is 17.1 Å². The van der Waals surface area contributed by atoms with E-state index in [0.29, 0.717) is 29.8 Å². The van der Waals surface area contributed by atoms with E-state index < -0.39 is 0 Å². The zero-order valence-electron chi connectivity index (χ0n) is 20.3. The minimum absolute atomic E-state index is 0.0173. The highest BCUT2D eigenvalue weighted by Gasteiger charge is 2.36. The van der Waals surface area contributed by atoms with Crippen LogP contribution in [0.5, 0.6) is 0 Å². The second-order valence-electron chi connectivity index (χ2n) is 9.25. The van der Waals surface area contributed by atoms with Gasteiger partial charge in [-0.2, -0.15) is 15.5 Å². The Morgan fingerprint density at radius 1 is 1.08 bits per heavy atom. The molecule has 0 bridgehead atoms. The maximum atomic E-state index is 13.7. The van der Waals surface area contributed by atoms with Gasteiger partial charge in [0.05, 0.1) is 22.9 Å². The highest BCUT2D eigenvalue weighted by molar-refractivity contribution is 5.89. The lowest BCUT2D eigenvalue weighted by Gasteiger charge is -2.48. The number of fused-ring (bicyclic) bond motifs is 1. The summed E-state index contributed by atoms with van der Waals surface area (Å²) in [5, 5.41) is 17.9. The molecule has 8 nitrogen and oxygen atoms in total. The molecule has 1 saturated heterocycles. The van der Waals surface area contributed by atoms with Gasteiger partial charge in [-0.25, -0.2) is 9.37 Å². The van der Waals surface area contributed by atoms with Gasteiger partial charge in [0.2, 0.25) is 0 Å². The van der Waals surface area contributed by atoms with Crippen molar-refractivity contribution in [2.45, 2.75) is 32.0 Å². The first kappa shape index (κ1) is 23.6. The van der Waals surface area contributed by atoms with Gasteiger partial charge in [0.1, 0.15) is 23.1 Å². The molecule has 0 N–H and O–H groups in total. The molecule has 1 fully saturated rings. The van der Waals surface area contributed by atoms with Crippen molar-refractivity contribution >= 4 is 16.7 Å². The van der Waals surface area contributed by atoms with Gasteiger partial charge in [-0.15, -0.1) is 0 Å². The van der Waals surface area contributed by atoms with Crippen LogP contribution in [0.25, 0.3) is 11.0 Å². The molecule has 1 unspecified atom stereocenters. The topological polar surface area (TPSA) is 90.9 Å². The van der Waals surface area contributed by atoms with Crippen LogP contribution in [-0.2, 0) is 7.05 Å². The Hall–Kier alpha value is -4.16. The number of aromatic nitrogens is 4. The molecule has 182 valence electrons. The molecular formula is C27H26FN7O. The van der Waals surface area contributed by atoms with Crippen LogP contribution in [0.3, 0.4) is 0 Å². The molecule has 0 aliphatic carbocycles. The Labute approximate surface area is 208 Å². The molecule has 1 aliphatic heterocycles. The molecule has 1 aromatic carbocycles. The summed E-state index contributed by atoms with van der Waals surface area (Å²) in [6.07, 6.45) is 1.64. The summed E-state index contributed by atoms with van der Waals surface area (Å²) in [7, 11) is 1.71. The van der Waals surface area contributed by atoms with Gasteiger partial charge >= 0.3 is 0 Å². The molecule has 3 atom stereocenters. The normalized spacial score (nSPS) is 19.2. The van der Waals surface area contributed by atoms with Crippen molar-refractivity contribution in [1.29, 1.82) is 5.26 Å². The number of pyridine rings is 2. The van der Waals surface area contributed by atoms with Gasteiger partial charge in [0.25, 0.3) is 5.56 Å². The van der Waals surface area contributed by atoms with Crippen LogP contribution >= 0.6 is 0 Å². The summed E-state index contributed by atoms with van der Waals surface area (Å²) in [4.78, 5) is 21.9. The van der Waals surface area contributed by atoms with Crippen LogP contribution in [-0.4, -0.2) is 49.8 Å². The molecule has 3 aromatic heterocycles. The number of piperazine rings is 1. The molecule has 0 radical (unpaired) electrons. The number of hydrogen-bond acceptors (Lipinski definition) is 7. The molecule has 0 saturated carbocycles. The van der Waals surface area contributed by atoms with Gasteiger partial charge in [0.15, 0.2) is 0 Å². The average Bonchev–Trinajstić information content (AvgIpc) is 2.89. The molecule has 36 heavy (non-hydrogen) atoms. The third-order valence-corrected chi connectivity index (χ3v) is 6.92. The summed E-state index contributed by atoms with van der Waals surface area (Å²) in [5.74, 6) is -0.287. The van der Waals surface area contributed by atoms with Crippen LogP contribution in [0.4, 0.5) is 10.1 Å². The molecule has 4 aromatic rings. The minimum Gasteiger partial charge on any atom is -0.364 e. The van der Waals surface area contributed by atoms with E-state index in [4.69, 9.17) is 0 Å². The average molecular weight is 484 g/mol. The van der Waals surface area contributed by atoms with E-state index in [1.54, 1.807) is 48.1 Å². The Morgan fingerprint density at radius 3 is 2.56 bits per heavy atom. The SMILES string of the molecule is C[C@@H]1CN(c2cc(=O)n(C)c3ccc(C#N)nc23)[C@@H](C)CN1C(c1ccc(F)cc1)c1cccnn1.